The summed E-state index contributed by atoms with van der Waals surface area (Å²) >= 11 is -4.71. The molecule has 2 nitrogen and oxygen atoms in total. The number of hydrogen-bond donors (Lipinski definition) is 2. The second-order valence-electron chi connectivity index (χ2n) is 17.7. The van der Waals surface area contributed by atoms with Gasteiger partial charge >= 0.3 is 373 Å². The van der Waals surface area contributed by atoms with Crippen LogP contribution < -0.4 is 52.2 Å². The first-order chi connectivity index (χ1) is 28.2. The van der Waals surface area contributed by atoms with Crippen LogP contribution in [-0.2, 0) is 41.8 Å². The van der Waals surface area contributed by atoms with Gasteiger partial charge in [0.1, 0.15) is 0 Å². The molecular weight excluding hydrogens is 1140 g/mol. The number of rotatable bonds is 12. The molecule has 4 aromatic carbocycles. The van der Waals surface area contributed by atoms with E-state index < -0.39 is 53.8 Å². The van der Waals surface area contributed by atoms with Crippen LogP contribution in [-0.4, -0.2) is 24.1 Å². The third kappa shape index (κ3) is 11.2. The number of nitrogens with one attached hydrogen (secondary N) is 2. The molecule has 0 radical (unpaired) electrons. The van der Waals surface area contributed by atoms with E-state index in [9.17, 15) is 0 Å². The van der Waals surface area contributed by atoms with E-state index in [-0.39, 0.29) is 24.8 Å². The summed E-state index contributed by atoms with van der Waals surface area (Å²) in [5.74, 6) is -1.31. The Balaban J connectivity index is 0.000000220. The molecule has 4 aliphatic rings. The fraction of sp³-hybridized carbons (Fsp3) is 0.385. The molecule has 60 heavy (non-hydrogen) atoms. The topological polar surface area (TPSA) is 24.1 Å². The van der Waals surface area contributed by atoms with Gasteiger partial charge in [0, 0.05) is 0 Å². The second-order valence-corrected chi connectivity index (χ2v) is 55.9. The zero-order chi connectivity index (χ0) is 40.8. The smallest absolute Gasteiger partial charge is 1.00 e. The van der Waals surface area contributed by atoms with Crippen molar-refractivity contribution in [1.29, 1.82) is 0 Å². The van der Waals surface area contributed by atoms with Crippen molar-refractivity contribution >= 4 is 32.7 Å². The molecule has 0 amide bonds. The molecule has 4 aromatic rings. The van der Waals surface area contributed by atoms with Crippen LogP contribution in [0.3, 0.4) is 0 Å². The van der Waals surface area contributed by atoms with Crippen molar-refractivity contribution < 1.29 is 66.6 Å². The average molecular weight is 1210 g/mol. The maximum Gasteiger partial charge on any atom is -1.00 e. The molecule has 8 rings (SSSR count). The molecule has 2 unspecified atom stereocenters. The van der Waals surface area contributed by atoms with Gasteiger partial charge < -0.3 is 24.8 Å². The van der Waals surface area contributed by atoms with E-state index in [4.69, 9.17) is 0 Å². The zero-order valence-corrected chi connectivity index (χ0v) is 48.4. The largest absolute Gasteiger partial charge is 1.00 e. The molecule has 0 aromatic heterocycles. The molecule has 0 bridgehead atoms. The molecule has 4 aliphatic carbocycles. The van der Waals surface area contributed by atoms with Crippen molar-refractivity contribution in [3.05, 3.63) is 161 Å². The fourth-order valence-corrected chi connectivity index (χ4v) is 75.9. The molecule has 2 fully saturated rings. The SMILES string of the molecule is CC1=C(C)C(C)[C]([Hf+]([NH]C2CCCC2)[SiH](c2ccccc2)c2ccccc2)=C1C.CC1=C(C)C(C)[C]([Hf+]([NH]C2CCCC2)[SiH](c2ccccc2)c2ccccc2)=C1C.[Cl-].[Cl-]. The van der Waals surface area contributed by atoms with Gasteiger partial charge in [-0.15, -0.1) is 0 Å². The molecular formula is C52H68Cl2Hf2N2Si2. The van der Waals surface area contributed by atoms with Crippen LogP contribution in [0.25, 0.3) is 0 Å². The minimum Gasteiger partial charge on any atom is -1.00 e. The molecule has 0 aliphatic heterocycles. The number of benzene rings is 4. The average Bonchev–Trinajstić information content (AvgIpc) is 4.05. The van der Waals surface area contributed by atoms with Crippen LogP contribution in [0, 0.1) is 11.8 Å². The van der Waals surface area contributed by atoms with Crippen LogP contribution in [0.15, 0.2) is 161 Å². The summed E-state index contributed by atoms with van der Waals surface area (Å²) in [6, 6.07) is 47.6. The number of hydrogen-bond acceptors (Lipinski definition) is 2. The predicted octanol–water partition coefficient (Wildman–Crippen LogP) is 3.71. The van der Waals surface area contributed by atoms with Crippen molar-refractivity contribution in [3.63, 3.8) is 0 Å². The van der Waals surface area contributed by atoms with Gasteiger partial charge in [-0.2, -0.15) is 0 Å². The van der Waals surface area contributed by atoms with Crippen molar-refractivity contribution in [2.75, 3.05) is 0 Å². The van der Waals surface area contributed by atoms with E-state index in [1.54, 1.807) is 54.2 Å². The van der Waals surface area contributed by atoms with E-state index >= 15 is 0 Å². The monoisotopic (exact) mass is 1210 g/mol. The Morgan fingerprint density at radius 3 is 0.867 bits per heavy atom. The van der Waals surface area contributed by atoms with Gasteiger partial charge in [0.05, 0.1) is 0 Å². The number of halogens is 2. The van der Waals surface area contributed by atoms with Crippen LogP contribution in [0.5, 0.6) is 0 Å². The minimum absolute atomic E-state index is 0. The van der Waals surface area contributed by atoms with E-state index in [0.717, 1.165) is 12.1 Å². The molecule has 0 heterocycles. The summed E-state index contributed by atoms with van der Waals surface area (Å²) in [4.78, 5) is 0. The third-order valence-electron chi connectivity index (χ3n) is 14.4. The van der Waals surface area contributed by atoms with Crippen molar-refractivity contribution in [2.45, 2.75) is 119 Å². The summed E-state index contributed by atoms with van der Waals surface area (Å²) in [5, 5.41) is 6.56. The van der Waals surface area contributed by atoms with E-state index in [0.29, 0.717) is 11.8 Å². The number of allylic oxidation sites excluding steroid dienone is 8. The van der Waals surface area contributed by atoms with E-state index in [1.165, 1.54) is 51.4 Å². The van der Waals surface area contributed by atoms with E-state index in [1.807, 2.05) is 6.66 Å². The standard InChI is InChI=1S/2C12H11Si.2C9H13.2C5H10N.2ClH.2Hf/c2*1-3-7-11(8-4-1)13-12-9-5-2-6-10-12;2*1-6-5-7(2)9(4)8(6)3;2*6-5-3-1-2-4-5;;;;/h2*1-10,13H;2*6H,1-4H3;2*5-6H,1-4H2;2*1H;;/q;;;;2*-1;;;2*+2/p-2. The Kier molecular flexibility index (Phi) is 19.4. The quantitative estimate of drug-likeness (QED) is 0.212. The van der Waals surface area contributed by atoms with Gasteiger partial charge in [0.2, 0.25) is 0 Å². The normalized spacial score (nSPS) is 19.6. The summed E-state index contributed by atoms with van der Waals surface area (Å²) in [7, 11) is 0. The summed E-state index contributed by atoms with van der Waals surface area (Å²) < 4.78 is 12.6. The summed E-state index contributed by atoms with van der Waals surface area (Å²) in [5.41, 5.74) is 9.62. The summed E-state index contributed by atoms with van der Waals surface area (Å²) in [6.07, 6.45) is 11.1. The maximum atomic E-state index is 4.45. The Bertz CT molecular complexity index is 1880. The minimum atomic E-state index is -2.35. The molecule has 316 valence electrons. The Morgan fingerprint density at radius 2 is 0.650 bits per heavy atom. The molecule has 2 atom stereocenters. The van der Waals surface area contributed by atoms with Gasteiger partial charge in [-0.05, 0) is 0 Å². The first kappa shape index (κ1) is 49.5. The first-order valence-corrected chi connectivity index (χ1v) is 45.5. The third-order valence-corrected chi connectivity index (χ3v) is 69.5. The molecule has 2 saturated carbocycles. The van der Waals surface area contributed by atoms with Gasteiger partial charge in [-0.25, -0.2) is 0 Å². The van der Waals surface area contributed by atoms with Crippen LogP contribution in [0.2, 0.25) is 0 Å². The zero-order valence-electron chi connectivity index (χ0n) is 37.4. The van der Waals surface area contributed by atoms with Crippen molar-refractivity contribution in [1.82, 2.24) is 6.61 Å². The Hall–Kier alpha value is -1.49. The van der Waals surface area contributed by atoms with E-state index in [2.05, 4.69) is 183 Å². The van der Waals surface area contributed by atoms with Gasteiger partial charge in [-0.1, -0.05) is 0 Å². The molecule has 0 spiro atoms. The fourth-order valence-electron chi connectivity index (χ4n) is 10.4. The molecule has 8 heteroatoms. The molecule has 0 saturated heterocycles. The van der Waals surface area contributed by atoms with Crippen molar-refractivity contribution in [3.8, 4) is 0 Å². The van der Waals surface area contributed by atoms with Crippen LogP contribution in [0.4, 0.5) is 0 Å². The van der Waals surface area contributed by atoms with Crippen LogP contribution in [0.1, 0.15) is 107 Å². The summed E-state index contributed by atoms with van der Waals surface area (Å²) in [6.45, 7) is 19.2. The Morgan fingerprint density at radius 1 is 0.400 bits per heavy atom. The van der Waals surface area contributed by atoms with Gasteiger partial charge in [0.15, 0.2) is 0 Å². The van der Waals surface area contributed by atoms with Gasteiger partial charge in [0.25, 0.3) is 0 Å². The first-order valence-electron chi connectivity index (χ1n) is 22.4. The van der Waals surface area contributed by atoms with Crippen LogP contribution >= 0.6 is 0 Å². The van der Waals surface area contributed by atoms with Crippen molar-refractivity contribution in [2.24, 2.45) is 11.8 Å². The maximum absolute atomic E-state index is 4.45. The molecule has 2 N–H and O–H groups in total. The Labute approximate surface area is 394 Å². The van der Waals surface area contributed by atoms with Gasteiger partial charge in [-0.3, -0.25) is 0 Å². The second kappa shape index (κ2) is 23.4. The predicted molar refractivity (Wildman–Crippen MR) is 250 cm³/mol.